The molecule has 5 heteroatoms. The second kappa shape index (κ2) is 11.3. The van der Waals surface area contributed by atoms with Gasteiger partial charge in [0.1, 0.15) is 11.9 Å². The number of pyridine rings is 1. The van der Waals surface area contributed by atoms with Crippen molar-refractivity contribution in [3.63, 3.8) is 0 Å². The number of fused-ring (bicyclic) bond motifs is 1. The van der Waals surface area contributed by atoms with E-state index >= 15 is 0 Å². The van der Waals surface area contributed by atoms with Crippen LogP contribution < -0.4 is 0 Å². The van der Waals surface area contributed by atoms with Crippen LogP contribution in [0.5, 0.6) is 0 Å². The van der Waals surface area contributed by atoms with Crippen LogP contribution in [0.3, 0.4) is 0 Å². The molecule has 0 saturated heterocycles. The van der Waals surface area contributed by atoms with Crippen LogP contribution in [0.4, 0.5) is 0 Å². The Morgan fingerprint density at radius 2 is 1.88 bits per heavy atom. The van der Waals surface area contributed by atoms with Gasteiger partial charge in [-0.2, -0.15) is 0 Å². The van der Waals surface area contributed by atoms with Crippen molar-refractivity contribution in [3.8, 4) is 0 Å². The zero-order chi connectivity index (χ0) is 24.9. The summed E-state index contributed by atoms with van der Waals surface area (Å²) < 4.78 is 5.96. The van der Waals surface area contributed by atoms with Crippen molar-refractivity contribution in [3.05, 3.63) is 53.7 Å². The van der Waals surface area contributed by atoms with Crippen LogP contribution in [0.15, 0.2) is 48.2 Å². The van der Waals surface area contributed by atoms with Crippen LogP contribution in [0.2, 0.25) is 0 Å². The van der Waals surface area contributed by atoms with E-state index in [4.69, 9.17) is 4.74 Å². The van der Waals surface area contributed by atoms with E-state index in [1.54, 1.807) is 6.20 Å². The second-order valence-electron chi connectivity index (χ2n) is 10.6. The summed E-state index contributed by atoms with van der Waals surface area (Å²) >= 11 is 0. The molecule has 0 amide bonds. The molecule has 1 aliphatic rings. The van der Waals surface area contributed by atoms with Crippen LogP contribution in [-0.4, -0.2) is 27.9 Å². The normalized spacial score (nSPS) is 29.3. The van der Waals surface area contributed by atoms with Gasteiger partial charge in [0.05, 0.1) is 11.6 Å². The maximum absolute atomic E-state index is 13.2. The number of Topliss-reactive ketones (excluding diaryl/α,β-unsaturated/α-hetero) is 1. The lowest BCUT2D eigenvalue weighted by Crippen LogP contribution is -2.39. The average Bonchev–Trinajstić information content (AvgIpc) is 2.83. The van der Waals surface area contributed by atoms with Gasteiger partial charge in [0.2, 0.25) is 0 Å². The summed E-state index contributed by atoms with van der Waals surface area (Å²) in [6, 6.07) is 9.93. The van der Waals surface area contributed by atoms with Gasteiger partial charge in [-0.25, -0.2) is 0 Å². The molecule has 1 N–H and O–H groups in total. The van der Waals surface area contributed by atoms with Crippen molar-refractivity contribution in [2.45, 2.75) is 85.4 Å². The van der Waals surface area contributed by atoms with Gasteiger partial charge >= 0.3 is 5.97 Å². The fraction of sp³-hybridized carbons (Fsp3) is 0.552. The number of cyclic esters (lactones) is 1. The highest BCUT2D eigenvalue weighted by Gasteiger charge is 2.36. The summed E-state index contributed by atoms with van der Waals surface area (Å²) in [5, 5.41) is 11.8. The number of aliphatic hydroxyl groups is 1. The van der Waals surface area contributed by atoms with Gasteiger partial charge in [-0.05, 0) is 56.2 Å². The van der Waals surface area contributed by atoms with Crippen LogP contribution in [-0.2, 0) is 14.3 Å². The topological polar surface area (TPSA) is 76.5 Å². The van der Waals surface area contributed by atoms with E-state index in [2.05, 4.69) is 18.0 Å². The molecule has 1 aromatic heterocycles. The first-order chi connectivity index (χ1) is 16.1. The summed E-state index contributed by atoms with van der Waals surface area (Å²) in [7, 11) is 0. The number of esters is 1. The van der Waals surface area contributed by atoms with Gasteiger partial charge in [-0.1, -0.05) is 57.5 Å². The third-order valence-corrected chi connectivity index (χ3v) is 7.32. The number of aliphatic hydroxyl groups excluding tert-OH is 1. The molecule has 0 fully saturated rings. The smallest absolute Gasteiger partial charge is 0.306 e. The number of carbonyl (C=O) groups is 2. The Balaban J connectivity index is 1.87. The third-order valence-electron chi connectivity index (χ3n) is 7.32. The number of hydrogen-bond acceptors (Lipinski definition) is 5. The predicted molar refractivity (Wildman–Crippen MR) is 135 cm³/mol. The summed E-state index contributed by atoms with van der Waals surface area (Å²) in [6.07, 6.45) is 6.68. The van der Waals surface area contributed by atoms with E-state index in [1.807, 2.05) is 58.0 Å². The van der Waals surface area contributed by atoms with Crippen LogP contribution >= 0.6 is 0 Å². The molecule has 2 unspecified atom stereocenters. The molecule has 1 aromatic carbocycles. The lowest BCUT2D eigenvalue weighted by molar-refractivity contribution is -0.150. The van der Waals surface area contributed by atoms with Gasteiger partial charge in [0.15, 0.2) is 0 Å². The number of ketones is 1. The highest BCUT2D eigenvalue weighted by Crippen LogP contribution is 2.33. The summed E-state index contributed by atoms with van der Waals surface area (Å²) in [5.74, 6) is -0.742. The van der Waals surface area contributed by atoms with Crippen molar-refractivity contribution in [2.75, 3.05) is 0 Å². The molecule has 2 heterocycles. The monoisotopic (exact) mass is 465 g/mol. The second-order valence-corrected chi connectivity index (χ2v) is 10.6. The summed E-state index contributed by atoms with van der Waals surface area (Å²) in [6.45, 7) is 9.64. The zero-order valence-electron chi connectivity index (χ0n) is 21.2. The Bertz CT molecular complexity index is 1040. The third kappa shape index (κ3) is 6.53. The molecule has 2 aromatic rings. The highest BCUT2D eigenvalue weighted by atomic mass is 16.5. The van der Waals surface area contributed by atoms with E-state index in [-0.39, 0.29) is 24.1 Å². The first-order valence-corrected chi connectivity index (χ1v) is 12.5. The van der Waals surface area contributed by atoms with Crippen LogP contribution in [0.1, 0.15) is 84.8 Å². The largest absolute Gasteiger partial charge is 0.457 e. The molecule has 4 atom stereocenters. The molecule has 0 radical (unpaired) electrons. The van der Waals surface area contributed by atoms with Crippen molar-refractivity contribution in [1.82, 2.24) is 4.98 Å². The number of hydrogen-bond donors (Lipinski definition) is 1. The SMILES string of the molecule is C/C1=C/CC(c2ccc3cccnc3c2)OC(=O)CCC(C)(C)C(=O)[C@H](C)C(O)[C@@H](C)CCC1. The minimum absolute atomic E-state index is 0.0000240. The van der Waals surface area contributed by atoms with E-state index in [0.29, 0.717) is 12.8 Å². The summed E-state index contributed by atoms with van der Waals surface area (Å²) in [4.78, 5) is 30.5. The average molecular weight is 466 g/mol. The molecule has 34 heavy (non-hydrogen) atoms. The lowest BCUT2D eigenvalue weighted by atomic mass is 9.74. The maximum Gasteiger partial charge on any atom is 0.306 e. The van der Waals surface area contributed by atoms with Crippen molar-refractivity contribution < 1.29 is 19.4 Å². The first-order valence-electron chi connectivity index (χ1n) is 12.5. The van der Waals surface area contributed by atoms with E-state index in [1.165, 1.54) is 5.57 Å². The summed E-state index contributed by atoms with van der Waals surface area (Å²) in [5.41, 5.74) is 2.32. The first kappa shape index (κ1) is 26.1. The Hall–Kier alpha value is -2.53. The van der Waals surface area contributed by atoms with Gasteiger partial charge in [-0.15, -0.1) is 0 Å². The quantitative estimate of drug-likeness (QED) is 0.392. The Labute approximate surface area is 203 Å². The number of aromatic nitrogens is 1. The minimum atomic E-state index is -0.713. The fourth-order valence-corrected chi connectivity index (χ4v) is 4.84. The molecule has 3 rings (SSSR count). The van der Waals surface area contributed by atoms with Gasteiger partial charge in [-0.3, -0.25) is 14.6 Å². The molecule has 5 nitrogen and oxygen atoms in total. The molecular formula is C29H39NO4. The molecular weight excluding hydrogens is 426 g/mol. The molecule has 0 aliphatic carbocycles. The number of ether oxygens (including phenoxy) is 1. The van der Waals surface area contributed by atoms with Gasteiger partial charge < -0.3 is 9.84 Å². The standard InChI is InChI=1S/C29H39NO4/c1-19-8-6-9-20(2)27(32)21(3)28(33)29(4,5)16-15-26(31)34-25(14-11-19)23-13-12-22-10-7-17-30-24(22)18-23/h7,10-13,17-18,20-21,25,27,32H,6,8-9,14-16H2,1-5H3/b19-11-/t20-,21+,25?,27?/m0/s1. The zero-order valence-corrected chi connectivity index (χ0v) is 21.2. The van der Waals surface area contributed by atoms with Crippen LogP contribution in [0.25, 0.3) is 10.9 Å². The van der Waals surface area contributed by atoms with Gasteiger partial charge in [0, 0.05) is 35.8 Å². The molecule has 0 bridgehead atoms. The number of carbonyl (C=O) groups excluding carboxylic acids is 2. The molecule has 0 spiro atoms. The van der Waals surface area contributed by atoms with Crippen molar-refractivity contribution in [1.29, 1.82) is 0 Å². The Morgan fingerprint density at radius 3 is 2.65 bits per heavy atom. The van der Waals surface area contributed by atoms with Gasteiger partial charge in [0.25, 0.3) is 0 Å². The predicted octanol–water partition coefficient (Wildman–Crippen LogP) is 6.35. The number of allylic oxidation sites excluding steroid dienone is 1. The maximum atomic E-state index is 13.2. The number of nitrogens with zero attached hydrogens (tertiary/aromatic N) is 1. The number of benzene rings is 1. The number of rotatable bonds is 1. The Morgan fingerprint density at radius 1 is 1.12 bits per heavy atom. The Kier molecular flexibility index (Phi) is 8.64. The molecule has 0 saturated carbocycles. The van der Waals surface area contributed by atoms with E-state index < -0.39 is 23.5 Å². The minimum Gasteiger partial charge on any atom is -0.457 e. The highest BCUT2D eigenvalue weighted by molar-refractivity contribution is 5.87. The molecule has 184 valence electrons. The van der Waals surface area contributed by atoms with Crippen LogP contribution in [0, 0.1) is 17.3 Å². The van der Waals surface area contributed by atoms with E-state index in [0.717, 1.165) is 35.7 Å². The van der Waals surface area contributed by atoms with Crippen molar-refractivity contribution >= 4 is 22.7 Å². The lowest BCUT2D eigenvalue weighted by Gasteiger charge is -2.31. The van der Waals surface area contributed by atoms with E-state index in [9.17, 15) is 14.7 Å². The molecule has 1 aliphatic heterocycles. The fourth-order valence-electron chi connectivity index (χ4n) is 4.84. The van der Waals surface area contributed by atoms with Crippen molar-refractivity contribution in [2.24, 2.45) is 17.3 Å².